The number of fused-ring (bicyclic) bond motifs is 1. The van der Waals surface area contributed by atoms with Crippen LogP contribution in [0, 0.1) is 0 Å². The Kier molecular flexibility index (Phi) is 6.01. The Morgan fingerprint density at radius 1 is 1.22 bits per heavy atom. The maximum atomic E-state index is 12.5. The number of benzene rings is 1. The molecule has 0 aromatic heterocycles. The van der Waals surface area contributed by atoms with E-state index in [-0.39, 0.29) is 24.7 Å². The van der Waals surface area contributed by atoms with E-state index >= 15 is 0 Å². The minimum atomic E-state index is -0.569. The summed E-state index contributed by atoms with van der Waals surface area (Å²) in [5, 5.41) is 26.5. The smallest absolute Gasteiger partial charge is 0.237 e. The largest absolute Gasteiger partial charge is 0.390 e. The molecular formula is C19H30N6O2. The first-order valence-corrected chi connectivity index (χ1v) is 9.86. The van der Waals surface area contributed by atoms with Crippen LogP contribution in [-0.2, 0) is 17.9 Å². The van der Waals surface area contributed by atoms with Crippen LogP contribution in [0.25, 0.3) is 0 Å². The van der Waals surface area contributed by atoms with E-state index < -0.39 is 6.10 Å². The summed E-state index contributed by atoms with van der Waals surface area (Å²) in [6.07, 6.45) is 0.266. The van der Waals surface area contributed by atoms with Crippen LogP contribution in [0.1, 0.15) is 17.5 Å². The molecule has 148 valence electrons. The highest BCUT2D eigenvalue weighted by Gasteiger charge is 2.29. The zero-order valence-corrected chi connectivity index (χ0v) is 15.6. The molecule has 27 heavy (non-hydrogen) atoms. The van der Waals surface area contributed by atoms with E-state index in [4.69, 9.17) is 0 Å². The van der Waals surface area contributed by atoms with Gasteiger partial charge in [-0.2, -0.15) is 0 Å². The van der Waals surface area contributed by atoms with Gasteiger partial charge in [0.25, 0.3) is 0 Å². The van der Waals surface area contributed by atoms with E-state index in [1.807, 2.05) is 0 Å². The van der Waals surface area contributed by atoms with Gasteiger partial charge in [-0.1, -0.05) is 24.3 Å². The van der Waals surface area contributed by atoms with Gasteiger partial charge in [-0.15, -0.1) is 0 Å². The molecule has 1 aromatic rings. The predicted molar refractivity (Wildman–Crippen MR) is 103 cm³/mol. The quantitative estimate of drug-likeness (QED) is 0.338. The summed E-state index contributed by atoms with van der Waals surface area (Å²) in [5.41, 5.74) is 2.65. The summed E-state index contributed by atoms with van der Waals surface area (Å²) in [4.78, 5) is 14.7. The normalized spacial score (nSPS) is 27.0. The molecule has 2 fully saturated rings. The molecule has 0 saturated carbocycles. The molecule has 3 atom stereocenters. The number of rotatable bonds is 7. The summed E-state index contributed by atoms with van der Waals surface area (Å²) in [5.74, 6) is -0.0428. The second-order valence-electron chi connectivity index (χ2n) is 7.79. The average Bonchev–Trinajstić information content (AvgIpc) is 3.05. The first kappa shape index (κ1) is 18.8. The van der Waals surface area contributed by atoms with Crippen LogP contribution in [0.4, 0.5) is 0 Å². The lowest BCUT2D eigenvalue weighted by molar-refractivity contribution is -0.124. The van der Waals surface area contributed by atoms with E-state index in [1.54, 1.807) is 0 Å². The number of nitrogens with one attached hydrogen (secondary N) is 5. The highest BCUT2D eigenvalue weighted by Crippen LogP contribution is 2.21. The summed E-state index contributed by atoms with van der Waals surface area (Å²) in [6, 6.07) is 8.62. The molecule has 6 N–H and O–H groups in total. The van der Waals surface area contributed by atoms with E-state index in [0.29, 0.717) is 25.7 Å². The van der Waals surface area contributed by atoms with Crippen molar-refractivity contribution in [3.8, 4) is 0 Å². The molecule has 4 rings (SSSR count). The van der Waals surface area contributed by atoms with Crippen LogP contribution in [0.15, 0.2) is 24.3 Å². The van der Waals surface area contributed by atoms with Crippen molar-refractivity contribution >= 4 is 5.91 Å². The molecule has 1 amide bonds. The molecule has 8 heteroatoms. The van der Waals surface area contributed by atoms with E-state index in [0.717, 1.165) is 26.2 Å². The van der Waals surface area contributed by atoms with Gasteiger partial charge in [-0.3, -0.25) is 25.6 Å². The third-order valence-corrected chi connectivity index (χ3v) is 5.59. The van der Waals surface area contributed by atoms with Gasteiger partial charge in [0.1, 0.15) is 0 Å². The lowest BCUT2D eigenvalue weighted by Crippen LogP contribution is -2.66. The molecule has 2 unspecified atom stereocenters. The molecule has 3 heterocycles. The lowest BCUT2D eigenvalue weighted by atomic mass is 10.1. The van der Waals surface area contributed by atoms with Crippen molar-refractivity contribution in [1.82, 2.24) is 31.5 Å². The molecule has 8 nitrogen and oxygen atoms in total. The molecule has 2 saturated heterocycles. The second-order valence-corrected chi connectivity index (χ2v) is 7.79. The second kappa shape index (κ2) is 8.64. The number of nitrogens with zero attached hydrogens (tertiary/aromatic N) is 1. The van der Waals surface area contributed by atoms with E-state index in [9.17, 15) is 9.90 Å². The Labute approximate surface area is 160 Å². The number of hydrogen-bond donors (Lipinski definition) is 6. The molecule has 0 bridgehead atoms. The molecule has 1 aromatic carbocycles. The van der Waals surface area contributed by atoms with Crippen molar-refractivity contribution in [2.75, 3.05) is 32.8 Å². The summed E-state index contributed by atoms with van der Waals surface area (Å²) < 4.78 is 0. The summed E-state index contributed by atoms with van der Waals surface area (Å²) in [7, 11) is 0. The van der Waals surface area contributed by atoms with Gasteiger partial charge < -0.3 is 15.7 Å². The number of carbonyl (C=O) groups is 1. The molecule has 3 aliphatic rings. The fraction of sp³-hybridized carbons (Fsp3) is 0.632. The predicted octanol–water partition coefficient (Wildman–Crippen LogP) is -1.72. The number of carbonyl (C=O) groups excluding carboxylic acids is 1. The highest BCUT2D eigenvalue weighted by molar-refractivity contribution is 5.81. The standard InChI is InChI=1S/C19H30N6O2/c26-16(11-25-9-13-3-1-2-4-14(13)10-25)8-21-19(27)17-5-18(23-12-22-17)24-15-6-20-7-15/h1-4,15-18,20,22-24,26H,5-12H2,(H,21,27)/t16-,17?,18?/m0/s1. The zero-order chi connectivity index (χ0) is 18.6. The van der Waals surface area contributed by atoms with Gasteiger partial charge in [0.05, 0.1) is 18.3 Å². The van der Waals surface area contributed by atoms with Gasteiger partial charge in [-0.25, -0.2) is 0 Å². The maximum Gasteiger partial charge on any atom is 0.237 e. The minimum absolute atomic E-state index is 0.0428. The van der Waals surface area contributed by atoms with Crippen molar-refractivity contribution < 1.29 is 9.90 Å². The Morgan fingerprint density at radius 3 is 2.63 bits per heavy atom. The molecular weight excluding hydrogens is 344 g/mol. The van der Waals surface area contributed by atoms with Crippen molar-refractivity contribution in [2.45, 2.75) is 43.9 Å². The average molecular weight is 374 g/mol. The molecule has 0 radical (unpaired) electrons. The Morgan fingerprint density at radius 2 is 1.96 bits per heavy atom. The maximum absolute atomic E-state index is 12.5. The monoisotopic (exact) mass is 374 g/mol. The fourth-order valence-electron chi connectivity index (χ4n) is 3.96. The summed E-state index contributed by atoms with van der Waals surface area (Å²) in [6.45, 7) is 5.13. The SMILES string of the molecule is O=C(NC[C@H](O)CN1Cc2ccccc2C1)C1CC(NC2CNC2)NCN1. The van der Waals surface area contributed by atoms with Crippen LogP contribution in [-0.4, -0.2) is 73.1 Å². The van der Waals surface area contributed by atoms with E-state index in [2.05, 4.69) is 55.7 Å². The van der Waals surface area contributed by atoms with Crippen LogP contribution in [0.5, 0.6) is 0 Å². The van der Waals surface area contributed by atoms with Crippen LogP contribution in [0.3, 0.4) is 0 Å². The fourth-order valence-corrected chi connectivity index (χ4v) is 3.96. The number of β-amino-alcohol motifs (C(OH)–C–C–N with tert-alkyl or cyclic N) is 1. The van der Waals surface area contributed by atoms with Crippen molar-refractivity contribution in [1.29, 1.82) is 0 Å². The Hall–Kier alpha value is -1.55. The lowest BCUT2D eigenvalue weighted by Gasteiger charge is -2.37. The first-order valence-electron chi connectivity index (χ1n) is 9.86. The van der Waals surface area contributed by atoms with Crippen molar-refractivity contribution in [2.24, 2.45) is 0 Å². The first-order chi connectivity index (χ1) is 13.2. The summed E-state index contributed by atoms with van der Waals surface area (Å²) >= 11 is 0. The molecule has 0 spiro atoms. The van der Waals surface area contributed by atoms with Gasteiger partial charge in [-0.05, 0) is 11.1 Å². The Bertz CT molecular complexity index is 628. The van der Waals surface area contributed by atoms with Crippen molar-refractivity contribution in [3.05, 3.63) is 35.4 Å². The van der Waals surface area contributed by atoms with Crippen LogP contribution >= 0.6 is 0 Å². The van der Waals surface area contributed by atoms with E-state index in [1.165, 1.54) is 11.1 Å². The van der Waals surface area contributed by atoms with Crippen molar-refractivity contribution in [3.63, 3.8) is 0 Å². The number of aliphatic hydroxyl groups is 1. The number of aliphatic hydroxyl groups excluding tert-OH is 1. The van der Waals surface area contributed by atoms with Gasteiger partial charge in [0.15, 0.2) is 0 Å². The third-order valence-electron chi connectivity index (χ3n) is 5.59. The molecule has 0 aliphatic carbocycles. The van der Waals surface area contributed by atoms with Crippen LogP contribution in [0.2, 0.25) is 0 Å². The molecule has 3 aliphatic heterocycles. The minimum Gasteiger partial charge on any atom is -0.390 e. The van der Waals surface area contributed by atoms with Gasteiger partial charge in [0, 0.05) is 58.4 Å². The topological polar surface area (TPSA) is 101 Å². The third kappa shape index (κ3) is 4.84. The zero-order valence-electron chi connectivity index (χ0n) is 15.6. The van der Waals surface area contributed by atoms with Gasteiger partial charge in [0.2, 0.25) is 5.91 Å². The van der Waals surface area contributed by atoms with Crippen LogP contribution < -0.4 is 26.6 Å². The highest BCUT2D eigenvalue weighted by atomic mass is 16.3. The number of amides is 1. The number of hydrogen-bond acceptors (Lipinski definition) is 7. The van der Waals surface area contributed by atoms with Gasteiger partial charge >= 0.3 is 0 Å². The Balaban J connectivity index is 1.17.